The van der Waals surface area contributed by atoms with Crippen molar-refractivity contribution in [3.63, 3.8) is 0 Å². The van der Waals surface area contributed by atoms with Gasteiger partial charge in [-0.1, -0.05) is 23.7 Å². The molecule has 2 N–H and O–H groups in total. The molecule has 0 saturated carbocycles. The number of methoxy groups -OCH3 is 1. The summed E-state index contributed by atoms with van der Waals surface area (Å²) in [4.78, 5) is 13.6. The summed E-state index contributed by atoms with van der Waals surface area (Å²) in [5.74, 6) is 0.0763. The molecular formula is C13H15ClN4O2. The van der Waals surface area contributed by atoms with Crippen molar-refractivity contribution in [2.75, 3.05) is 31.8 Å². The van der Waals surface area contributed by atoms with Gasteiger partial charge < -0.3 is 15.4 Å². The quantitative estimate of drug-likeness (QED) is 0.876. The molecule has 1 heterocycles. The molecule has 0 aliphatic heterocycles. The van der Waals surface area contributed by atoms with Crippen molar-refractivity contribution in [1.82, 2.24) is 9.78 Å². The molecule has 106 valence electrons. The maximum Gasteiger partial charge on any atom is 0.345 e. The number of halogens is 1. The summed E-state index contributed by atoms with van der Waals surface area (Å²) in [6.07, 6.45) is 0. The molecule has 0 fully saturated rings. The number of rotatable bonds is 3. The van der Waals surface area contributed by atoms with Crippen LogP contribution in [0.3, 0.4) is 0 Å². The first-order valence-corrected chi connectivity index (χ1v) is 6.24. The van der Waals surface area contributed by atoms with Gasteiger partial charge >= 0.3 is 5.97 Å². The Kier molecular flexibility index (Phi) is 3.85. The Labute approximate surface area is 121 Å². The molecule has 0 aliphatic rings. The number of nitrogens with zero attached hydrogens (tertiary/aromatic N) is 3. The van der Waals surface area contributed by atoms with E-state index in [9.17, 15) is 4.79 Å². The molecule has 1 aromatic heterocycles. The highest BCUT2D eigenvalue weighted by Crippen LogP contribution is 2.30. The van der Waals surface area contributed by atoms with E-state index in [1.165, 1.54) is 11.8 Å². The Balaban J connectivity index is 2.68. The largest absolute Gasteiger partial charge is 0.465 e. The van der Waals surface area contributed by atoms with Gasteiger partial charge in [-0.15, -0.1) is 5.10 Å². The number of carbonyl (C=O) groups is 1. The minimum Gasteiger partial charge on any atom is -0.465 e. The fourth-order valence-electron chi connectivity index (χ4n) is 1.84. The van der Waals surface area contributed by atoms with Gasteiger partial charge in [0, 0.05) is 14.1 Å². The van der Waals surface area contributed by atoms with Crippen LogP contribution in [-0.2, 0) is 4.74 Å². The minimum atomic E-state index is -0.537. The Morgan fingerprint density at radius 1 is 1.40 bits per heavy atom. The van der Waals surface area contributed by atoms with E-state index in [-0.39, 0.29) is 11.4 Å². The van der Waals surface area contributed by atoms with Gasteiger partial charge in [0.15, 0.2) is 5.82 Å². The van der Waals surface area contributed by atoms with Gasteiger partial charge in [-0.25, -0.2) is 9.48 Å². The summed E-state index contributed by atoms with van der Waals surface area (Å²) < 4.78 is 6.19. The number of para-hydroxylation sites is 1. The van der Waals surface area contributed by atoms with E-state index in [0.29, 0.717) is 16.5 Å². The van der Waals surface area contributed by atoms with Crippen molar-refractivity contribution in [3.05, 3.63) is 34.9 Å². The predicted octanol–water partition coefficient (Wildman–Crippen LogP) is 1.96. The standard InChI is InChI=1S/C13H15ClN4O2/c1-17(2)12-10(13(19)20-3)11(15)18(16-12)9-7-5-4-6-8(9)14/h4-7H,15H2,1-3H3. The van der Waals surface area contributed by atoms with Crippen LogP contribution in [-0.4, -0.2) is 37.0 Å². The molecule has 0 atom stereocenters. The van der Waals surface area contributed by atoms with Crippen molar-refractivity contribution in [1.29, 1.82) is 0 Å². The molecule has 0 unspecified atom stereocenters. The van der Waals surface area contributed by atoms with Gasteiger partial charge in [0.2, 0.25) is 0 Å². The number of esters is 1. The van der Waals surface area contributed by atoms with Crippen LogP contribution in [0.2, 0.25) is 5.02 Å². The number of ether oxygens (including phenoxy) is 1. The zero-order valence-corrected chi connectivity index (χ0v) is 12.2. The van der Waals surface area contributed by atoms with Gasteiger partial charge in [-0.2, -0.15) is 0 Å². The van der Waals surface area contributed by atoms with Crippen molar-refractivity contribution in [3.8, 4) is 5.69 Å². The number of aromatic nitrogens is 2. The van der Waals surface area contributed by atoms with E-state index in [4.69, 9.17) is 22.1 Å². The molecule has 0 saturated heterocycles. The zero-order valence-electron chi connectivity index (χ0n) is 11.4. The van der Waals surface area contributed by atoms with E-state index < -0.39 is 5.97 Å². The van der Waals surface area contributed by atoms with Crippen molar-refractivity contribution < 1.29 is 9.53 Å². The first-order chi connectivity index (χ1) is 9.47. The van der Waals surface area contributed by atoms with Crippen LogP contribution in [0.1, 0.15) is 10.4 Å². The van der Waals surface area contributed by atoms with Gasteiger partial charge in [-0.3, -0.25) is 0 Å². The minimum absolute atomic E-state index is 0.189. The molecular weight excluding hydrogens is 280 g/mol. The maximum atomic E-state index is 11.9. The van der Waals surface area contributed by atoms with Crippen LogP contribution >= 0.6 is 11.6 Å². The van der Waals surface area contributed by atoms with Crippen LogP contribution in [0.4, 0.5) is 11.6 Å². The Bertz CT molecular complexity index is 652. The molecule has 7 heteroatoms. The molecule has 0 spiro atoms. The van der Waals surface area contributed by atoms with Gasteiger partial charge in [0.1, 0.15) is 11.4 Å². The van der Waals surface area contributed by atoms with E-state index in [1.807, 2.05) is 6.07 Å². The van der Waals surface area contributed by atoms with E-state index in [1.54, 1.807) is 37.2 Å². The lowest BCUT2D eigenvalue weighted by molar-refractivity contribution is 0.0602. The van der Waals surface area contributed by atoms with Gasteiger partial charge in [0.05, 0.1) is 17.8 Å². The fraction of sp³-hybridized carbons (Fsp3) is 0.231. The molecule has 0 aliphatic carbocycles. The zero-order chi connectivity index (χ0) is 14.9. The lowest BCUT2D eigenvalue weighted by Gasteiger charge is -2.09. The lowest BCUT2D eigenvalue weighted by Crippen LogP contribution is -2.14. The third-order valence-electron chi connectivity index (χ3n) is 2.80. The van der Waals surface area contributed by atoms with Crippen molar-refractivity contribution in [2.24, 2.45) is 0 Å². The van der Waals surface area contributed by atoms with E-state index in [0.717, 1.165) is 0 Å². The molecule has 6 nitrogen and oxygen atoms in total. The van der Waals surface area contributed by atoms with Gasteiger partial charge in [-0.05, 0) is 12.1 Å². The van der Waals surface area contributed by atoms with Crippen LogP contribution in [0.25, 0.3) is 5.69 Å². The SMILES string of the molecule is COC(=O)c1c(N(C)C)nn(-c2ccccc2Cl)c1N. The third-order valence-corrected chi connectivity index (χ3v) is 3.12. The average molecular weight is 295 g/mol. The third kappa shape index (κ3) is 2.30. The maximum absolute atomic E-state index is 11.9. The first-order valence-electron chi connectivity index (χ1n) is 5.86. The highest BCUT2D eigenvalue weighted by Gasteiger charge is 2.25. The first kappa shape index (κ1) is 14.2. The molecule has 1 aromatic carbocycles. The van der Waals surface area contributed by atoms with Crippen LogP contribution in [0, 0.1) is 0 Å². The van der Waals surface area contributed by atoms with Crippen LogP contribution in [0.15, 0.2) is 24.3 Å². The Hall–Kier alpha value is -2.21. The molecule has 2 rings (SSSR count). The summed E-state index contributed by atoms with van der Waals surface area (Å²) in [5.41, 5.74) is 6.86. The van der Waals surface area contributed by atoms with Gasteiger partial charge in [0.25, 0.3) is 0 Å². The van der Waals surface area contributed by atoms with Crippen molar-refractivity contribution in [2.45, 2.75) is 0 Å². The molecule has 20 heavy (non-hydrogen) atoms. The smallest absolute Gasteiger partial charge is 0.345 e. The number of carbonyl (C=O) groups excluding carboxylic acids is 1. The number of hydrogen-bond donors (Lipinski definition) is 1. The number of hydrogen-bond acceptors (Lipinski definition) is 5. The van der Waals surface area contributed by atoms with Crippen LogP contribution in [0.5, 0.6) is 0 Å². The monoisotopic (exact) mass is 294 g/mol. The summed E-state index contributed by atoms with van der Waals surface area (Å²) in [5, 5.41) is 4.83. The number of benzene rings is 1. The average Bonchev–Trinajstić information content (AvgIpc) is 2.76. The highest BCUT2D eigenvalue weighted by atomic mass is 35.5. The molecule has 0 bridgehead atoms. The van der Waals surface area contributed by atoms with Crippen LogP contribution < -0.4 is 10.6 Å². The normalized spacial score (nSPS) is 10.4. The second kappa shape index (κ2) is 5.42. The summed E-state index contributed by atoms with van der Waals surface area (Å²) in [6.45, 7) is 0. The summed E-state index contributed by atoms with van der Waals surface area (Å²) in [6, 6.07) is 7.12. The molecule has 0 radical (unpaired) electrons. The number of nitrogens with two attached hydrogens (primary N) is 1. The van der Waals surface area contributed by atoms with Crippen molar-refractivity contribution >= 4 is 29.2 Å². The summed E-state index contributed by atoms with van der Waals surface area (Å²) in [7, 11) is 4.84. The van der Waals surface area contributed by atoms with E-state index in [2.05, 4.69) is 5.10 Å². The number of anilines is 2. The van der Waals surface area contributed by atoms with E-state index >= 15 is 0 Å². The number of nitrogen functional groups attached to an aromatic ring is 1. The molecule has 2 aromatic rings. The Morgan fingerprint density at radius 3 is 2.60 bits per heavy atom. The lowest BCUT2D eigenvalue weighted by atomic mass is 10.3. The predicted molar refractivity (Wildman–Crippen MR) is 78.7 cm³/mol. The second-order valence-corrected chi connectivity index (χ2v) is 4.74. The fourth-order valence-corrected chi connectivity index (χ4v) is 2.05. The highest BCUT2D eigenvalue weighted by molar-refractivity contribution is 6.32. The molecule has 0 amide bonds. The Morgan fingerprint density at radius 2 is 2.05 bits per heavy atom. The second-order valence-electron chi connectivity index (χ2n) is 4.33. The topological polar surface area (TPSA) is 73.4 Å². The summed E-state index contributed by atoms with van der Waals surface area (Å²) >= 11 is 6.14.